The highest BCUT2D eigenvalue weighted by Crippen LogP contribution is 2.35. The average Bonchev–Trinajstić information content (AvgIpc) is 3.14. The third-order valence-electron chi connectivity index (χ3n) is 4.57. The fourth-order valence-corrected chi connectivity index (χ4v) is 3.15. The fraction of sp³-hybridized carbons (Fsp3) is 0.211. The zero-order valence-corrected chi connectivity index (χ0v) is 13.2. The Bertz CT molecular complexity index is 878. The number of hydrogen-bond acceptors (Lipinski definition) is 2. The minimum Gasteiger partial charge on any atom is -0.369 e. The van der Waals surface area contributed by atoms with E-state index in [0.29, 0.717) is 0 Å². The summed E-state index contributed by atoms with van der Waals surface area (Å²) in [7, 11) is 0. The van der Waals surface area contributed by atoms with Gasteiger partial charge in [0.2, 0.25) is 0 Å². The van der Waals surface area contributed by atoms with Gasteiger partial charge in [-0.3, -0.25) is 0 Å². The van der Waals surface area contributed by atoms with Gasteiger partial charge in [0.15, 0.2) is 0 Å². The Kier molecular flexibility index (Phi) is 3.18. The molecule has 1 aliphatic rings. The molecule has 116 valence electrons. The number of rotatable bonds is 2. The smallest absolute Gasteiger partial charge is 0.133 e. The lowest BCUT2D eigenvalue weighted by atomic mass is 10.1. The van der Waals surface area contributed by atoms with Crippen molar-refractivity contribution in [1.82, 2.24) is 9.78 Å². The quantitative estimate of drug-likeness (QED) is 0.766. The van der Waals surface area contributed by atoms with Crippen molar-refractivity contribution in [2.75, 3.05) is 11.9 Å². The van der Waals surface area contributed by atoms with Crippen LogP contribution in [0.5, 0.6) is 0 Å². The maximum atomic E-state index is 13.2. The Balaban J connectivity index is 1.91. The summed E-state index contributed by atoms with van der Waals surface area (Å²) in [6.07, 6.45) is 0.937. The van der Waals surface area contributed by atoms with Crippen molar-refractivity contribution in [2.24, 2.45) is 0 Å². The number of benzene rings is 2. The summed E-state index contributed by atoms with van der Waals surface area (Å²) in [5, 5.41) is 8.28. The number of anilines is 1. The molecule has 0 saturated carbocycles. The predicted molar refractivity (Wildman–Crippen MR) is 90.6 cm³/mol. The predicted octanol–water partition coefficient (Wildman–Crippen LogP) is 4.26. The van der Waals surface area contributed by atoms with Crippen LogP contribution in [0.2, 0.25) is 0 Å². The van der Waals surface area contributed by atoms with E-state index in [1.165, 1.54) is 28.8 Å². The van der Waals surface area contributed by atoms with Gasteiger partial charge >= 0.3 is 0 Å². The van der Waals surface area contributed by atoms with E-state index in [1.807, 2.05) is 4.68 Å². The Labute approximate surface area is 134 Å². The second-order valence-electron chi connectivity index (χ2n) is 5.99. The number of halogens is 1. The Hall–Kier alpha value is -2.62. The lowest BCUT2D eigenvalue weighted by Crippen LogP contribution is -2.06. The van der Waals surface area contributed by atoms with Crippen LogP contribution in [0.3, 0.4) is 0 Å². The van der Waals surface area contributed by atoms with Crippen LogP contribution in [0.15, 0.2) is 42.5 Å². The third kappa shape index (κ3) is 2.22. The first-order valence-corrected chi connectivity index (χ1v) is 7.83. The van der Waals surface area contributed by atoms with Gasteiger partial charge in [0.25, 0.3) is 0 Å². The molecule has 0 fully saturated rings. The van der Waals surface area contributed by atoms with E-state index in [2.05, 4.69) is 37.4 Å². The topological polar surface area (TPSA) is 29.9 Å². The lowest BCUT2D eigenvalue weighted by Gasteiger charge is -2.11. The van der Waals surface area contributed by atoms with Crippen LogP contribution in [0.1, 0.15) is 16.7 Å². The molecule has 3 aromatic rings. The number of fused-ring (bicyclic) bond motifs is 1. The average molecular weight is 307 g/mol. The summed E-state index contributed by atoms with van der Waals surface area (Å²) in [4.78, 5) is 0. The molecule has 4 rings (SSSR count). The Morgan fingerprint density at radius 1 is 1.09 bits per heavy atom. The van der Waals surface area contributed by atoms with E-state index in [-0.39, 0.29) is 5.82 Å². The Morgan fingerprint density at radius 3 is 2.65 bits per heavy atom. The summed E-state index contributed by atoms with van der Waals surface area (Å²) in [5.74, 6) is 0.829. The van der Waals surface area contributed by atoms with Crippen LogP contribution in [0.4, 0.5) is 10.2 Å². The minimum absolute atomic E-state index is 0.225. The van der Waals surface area contributed by atoms with Gasteiger partial charge in [-0.2, -0.15) is 5.10 Å². The summed E-state index contributed by atoms with van der Waals surface area (Å²) in [6.45, 7) is 5.13. The van der Waals surface area contributed by atoms with Gasteiger partial charge in [0, 0.05) is 17.7 Å². The Morgan fingerprint density at radius 2 is 1.87 bits per heavy atom. The van der Waals surface area contributed by atoms with Gasteiger partial charge < -0.3 is 5.32 Å². The van der Waals surface area contributed by atoms with Crippen LogP contribution >= 0.6 is 0 Å². The summed E-state index contributed by atoms with van der Waals surface area (Å²) >= 11 is 0. The molecular weight excluding hydrogens is 289 g/mol. The van der Waals surface area contributed by atoms with Crippen molar-refractivity contribution < 1.29 is 4.39 Å². The summed E-state index contributed by atoms with van der Waals surface area (Å²) in [5.41, 5.74) is 6.65. The molecular formula is C19H18FN3. The molecule has 4 heteroatoms. The van der Waals surface area contributed by atoms with Crippen molar-refractivity contribution in [3.63, 3.8) is 0 Å². The second-order valence-corrected chi connectivity index (χ2v) is 5.99. The number of aromatic nitrogens is 2. The highest BCUT2D eigenvalue weighted by molar-refractivity contribution is 5.73. The molecule has 1 aliphatic heterocycles. The van der Waals surface area contributed by atoms with Gasteiger partial charge in [-0.1, -0.05) is 12.1 Å². The number of nitrogens with zero attached hydrogens (tertiary/aromatic N) is 2. The van der Waals surface area contributed by atoms with Crippen LogP contribution in [-0.2, 0) is 6.42 Å². The van der Waals surface area contributed by atoms with Gasteiger partial charge in [0.1, 0.15) is 11.6 Å². The van der Waals surface area contributed by atoms with Crippen LogP contribution in [-0.4, -0.2) is 16.3 Å². The first-order chi connectivity index (χ1) is 11.1. The zero-order chi connectivity index (χ0) is 16.0. The first-order valence-electron chi connectivity index (χ1n) is 7.83. The molecule has 2 aromatic carbocycles. The van der Waals surface area contributed by atoms with Gasteiger partial charge in [0.05, 0.1) is 11.4 Å². The van der Waals surface area contributed by atoms with Crippen molar-refractivity contribution in [1.29, 1.82) is 0 Å². The minimum atomic E-state index is -0.225. The van der Waals surface area contributed by atoms with Crippen LogP contribution in [0.25, 0.3) is 16.9 Å². The molecule has 0 radical (unpaired) electrons. The molecule has 0 atom stereocenters. The van der Waals surface area contributed by atoms with Gasteiger partial charge in [-0.15, -0.1) is 0 Å². The highest BCUT2D eigenvalue weighted by atomic mass is 19.1. The van der Waals surface area contributed by atoms with Gasteiger partial charge in [-0.05, 0) is 61.7 Å². The molecule has 1 aromatic heterocycles. The second kappa shape index (κ2) is 5.23. The molecule has 2 heterocycles. The SMILES string of the molecule is Cc1cccc(-n2nc(-c3ccc(F)cc3)c3c2NCC3)c1C. The summed E-state index contributed by atoms with van der Waals surface area (Å²) in [6, 6.07) is 12.8. The van der Waals surface area contributed by atoms with Crippen molar-refractivity contribution in [3.05, 3.63) is 65.0 Å². The van der Waals surface area contributed by atoms with Crippen LogP contribution in [0, 0.1) is 19.7 Å². The monoisotopic (exact) mass is 307 g/mol. The van der Waals surface area contributed by atoms with E-state index in [1.54, 1.807) is 12.1 Å². The van der Waals surface area contributed by atoms with E-state index in [4.69, 9.17) is 5.10 Å². The van der Waals surface area contributed by atoms with Crippen molar-refractivity contribution in [3.8, 4) is 16.9 Å². The molecule has 23 heavy (non-hydrogen) atoms. The molecule has 3 nitrogen and oxygen atoms in total. The summed E-state index contributed by atoms with van der Waals surface area (Å²) < 4.78 is 15.2. The van der Waals surface area contributed by atoms with Gasteiger partial charge in [-0.25, -0.2) is 9.07 Å². The van der Waals surface area contributed by atoms with E-state index in [9.17, 15) is 4.39 Å². The van der Waals surface area contributed by atoms with Crippen molar-refractivity contribution in [2.45, 2.75) is 20.3 Å². The molecule has 0 amide bonds. The highest BCUT2D eigenvalue weighted by Gasteiger charge is 2.24. The van der Waals surface area contributed by atoms with E-state index < -0.39 is 0 Å². The molecule has 0 saturated heterocycles. The largest absolute Gasteiger partial charge is 0.369 e. The van der Waals surface area contributed by atoms with Crippen LogP contribution < -0.4 is 5.32 Å². The number of nitrogens with one attached hydrogen (secondary N) is 1. The zero-order valence-electron chi connectivity index (χ0n) is 13.2. The fourth-order valence-electron chi connectivity index (χ4n) is 3.15. The lowest BCUT2D eigenvalue weighted by molar-refractivity contribution is 0.628. The molecule has 0 unspecified atom stereocenters. The molecule has 0 aliphatic carbocycles. The molecule has 1 N–H and O–H groups in total. The maximum absolute atomic E-state index is 13.2. The van der Waals surface area contributed by atoms with E-state index >= 15 is 0 Å². The molecule has 0 spiro atoms. The van der Waals surface area contributed by atoms with Crippen molar-refractivity contribution >= 4 is 5.82 Å². The number of hydrogen-bond donors (Lipinski definition) is 1. The number of aryl methyl sites for hydroxylation is 1. The van der Waals surface area contributed by atoms with E-state index in [0.717, 1.165) is 35.7 Å². The standard InChI is InChI=1S/C19H18FN3/c1-12-4-3-5-17(13(12)2)23-19-16(10-11-21-19)18(22-23)14-6-8-15(20)9-7-14/h3-9,21H,10-11H2,1-2H3. The normalized spacial score (nSPS) is 13.0. The first kappa shape index (κ1) is 14.0. The molecule has 0 bridgehead atoms. The maximum Gasteiger partial charge on any atom is 0.133 e. The third-order valence-corrected chi connectivity index (χ3v) is 4.57.